The van der Waals surface area contributed by atoms with E-state index in [-0.39, 0.29) is 10.6 Å². The molecule has 1 aromatic carbocycles. The second kappa shape index (κ2) is 7.67. The van der Waals surface area contributed by atoms with Gasteiger partial charge in [0.05, 0.1) is 4.90 Å². The summed E-state index contributed by atoms with van der Waals surface area (Å²) in [6.07, 6.45) is -4.09. The fraction of sp³-hybridized carbons (Fsp3) is 0.333. The highest BCUT2D eigenvalue weighted by atomic mass is 32.2. The lowest BCUT2D eigenvalue weighted by Crippen LogP contribution is -2.32. The number of benzene rings is 1. The molecule has 0 spiro atoms. The van der Waals surface area contributed by atoms with Crippen molar-refractivity contribution in [1.82, 2.24) is 24.3 Å². The van der Waals surface area contributed by atoms with E-state index < -0.39 is 39.4 Å². The van der Waals surface area contributed by atoms with Gasteiger partial charge in [0.25, 0.3) is 27.5 Å². The maximum atomic E-state index is 12.9. The zero-order valence-corrected chi connectivity index (χ0v) is 17.0. The van der Waals surface area contributed by atoms with Crippen LogP contribution in [0.5, 0.6) is 0 Å². The molecule has 0 radical (unpaired) electrons. The van der Waals surface area contributed by atoms with E-state index in [2.05, 4.69) is 15.1 Å². The summed E-state index contributed by atoms with van der Waals surface area (Å²) in [6, 6.07) is 7.12. The summed E-state index contributed by atoms with van der Waals surface area (Å²) in [5.41, 5.74) is 0.661. The van der Waals surface area contributed by atoms with Crippen molar-refractivity contribution in [2.24, 2.45) is 5.92 Å². The number of halogens is 3. The number of nitrogens with zero attached hydrogens (tertiary/aromatic N) is 4. The minimum Gasteiger partial charge on any atom is -0.266 e. The van der Waals surface area contributed by atoms with E-state index in [4.69, 9.17) is 0 Å². The van der Waals surface area contributed by atoms with E-state index in [1.807, 2.05) is 18.6 Å². The van der Waals surface area contributed by atoms with E-state index in [1.165, 1.54) is 19.1 Å². The molecule has 0 bridgehead atoms. The fourth-order valence-electron chi connectivity index (χ4n) is 2.78. The first-order valence-electron chi connectivity index (χ1n) is 8.84. The van der Waals surface area contributed by atoms with Crippen LogP contribution in [-0.4, -0.2) is 33.9 Å². The van der Waals surface area contributed by atoms with Crippen molar-refractivity contribution >= 4 is 21.7 Å². The molecule has 12 heteroatoms. The SMILES string of the molecule is Cc1cc(C(=O)NS(=O)(=O)c2ccc(CC(C)C)cc2)n2nc(C(F)(F)F)nc2n1. The van der Waals surface area contributed by atoms with E-state index in [1.54, 1.807) is 12.1 Å². The predicted molar refractivity (Wildman–Crippen MR) is 100 cm³/mol. The van der Waals surface area contributed by atoms with E-state index >= 15 is 0 Å². The van der Waals surface area contributed by atoms with Crippen LogP contribution in [0.2, 0.25) is 0 Å². The predicted octanol–water partition coefficient (Wildman–Crippen LogP) is 2.77. The average molecular weight is 441 g/mol. The molecule has 0 saturated heterocycles. The Bertz CT molecular complexity index is 1200. The number of fused-ring (bicyclic) bond motifs is 1. The van der Waals surface area contributed by atoms with Crippen molar-refractivity contribution in [3.8, 4) is 0 Å². The molecular weight excluding hydrogens is 423 g/mol. The lowest BCUT2D eigenvalue weighted by atomic mass is 10.0. The quantitative estimate of drug-likeness (QED) is 0.653. The smallest absolute Gasteiger partial charge is 0.266 e. The van der Waals surface area contributed by atoms with Crippen LogP contribution in [0.3, 0.4) is 0 Å². The number of amides is 1. The number of alkyl halides is 3. The minimum atomic E-state index is -4.85. The number of hydrogen-bond donors (Lipinski definition) is 1. The summed E-state index contributed by atoms with van der Waals surface area (Å²) in [5.74, 6) is -2.73. The van der Waals surface area contributed by atoms with Crippen molar-refractivity contribution in [1.29, 1.82) is 0 Å². The highest BCUT2D eigenvalue weighted by Gasteiger charge is 2.37. The first-order chi connectivity index (χ1) is 13.9. The van der Waals surface area contributed by atoms with Crippen molar-refractivity contribution < 1.29 is 26.4 Å². The van der Waals surface area contributed by atoms with Gasteiger partial charge in [0.15, 0.2) is 0 Å². The minimum absolute atomic E-state index is 0.153. The van der Waals surface area contributed by atoms with Crippen LogP contribution in [0.25, 0.3) is 5.78 Å². The van der Waals surface area contributed by atoms with Crippen LogP contribution in [0.1, 0.15) is 41.4 Å². The molecule has 160 valence electrons. The summed E-state index contributed by atoms with van der Waals surface area (Å²) in [5, 5.41) is 3.25. The lowest BCUT2D eigenvalue weighted by Gasteiger charge is -2.10. The number of carbonyl (C=O) groups excluding carboxylic acids is 1. The standard InChI is InChI=1S/C18H18F3N5O3S/c1-10(2)8-12-4-6-13(7-5-12)30(28,29)25-15(27)14-9-11(3)22-17-23-16(18(19,20)21)24-26(14)17/h4-7,9-10H,8H2,1-3H3,(H,25,27). The Morgan fingerprint density at radius 1 is 1.17 bits per heavy atom. The summed E-state index contributed by atoms with van der Waals surface area (Å²) in [4.78, 5) is 19.5. The Labute approximate surface area is 170 Å². The molecule has 8 nitrogen and oxygen atoms in total. The third-order valence-electron chi connectivity index (χ3n) is 4.03. The van der Waals surface area contributed by atoms with Crippen LogP contribution < -0.4 is 4.72 Å². The van der Waals surface area contributed by atoms with Gasteiger partial charge in [-0.1, -0.05) is 26.0 Å². The normalized spacial score (nSPS) is 12.5. The van der Waals surface area contributed by atoms with Crippen LogP contribution in [0, 0.1) is 12.8 Å². The monoisotopic (exact) mass is 441 g/mol. The van der Waals surface area contributed by atoms with Crippen molar-refractivity contribution in [3.63, 3.8) is 0 Å². The maximum absolute atomic E-state index is 12.9. The van der Waals surface area contributed by atoms with Crippen LogP contribution in [-0.2, 0) is 22.6 Å². The third kappa shape index (κ3) is 4.58. The highest BCUT2D eigenvalue weighted by molar-refractivity contribution is 7.90. The van der Waals surface area contributed by atoms with Gasteiger partial charge >= 0.3 is 6.18 Å². The molecule has 0 saturated carbocycles. The number of hydrogen-bond acceptors (Lipinski definition) is 6. The molecular formula is C18H18F3N5O3S. The van der Waals surface area contributed by atoms with Gasteiger partial charge in [-0.2, -0.15) is 22.7 Å². The number of aromatic nitrogens is 4. The Morgan fingerprint density at radius 2 is 1.80 bits per heavy atom. The van der Waals surface area contributed by atoms with Gasteiger partial charge in [0.2, 0.25) is 0 Å². The van der Waals surface area contributed by atoms with E-state index in [9.17, 15) is 26.4 Å². The topological polar surface area (TPSA) is 106 Å². The molecule has 2 aromatic heterocycles. The first kappa shape index (κ1) is 21.7. The van der Waals surface area contributed by atoms with Crippen LogP contribution in [0.4, 0.5) is 13.2 Å². The number of sulfonamides is 1. The molecule has 1 amide bonds. The molecule has 0 unspecified atom stereocenters. The summed E-state index contributed by atoms with van der Waals surface area (Å²) >= 11 is 0. The molecule has 1 N–H and O–H groups in total. The van der Waals surface area contributed by atoms with Crippen LogP contribution in [0.15, 0.2) is 35.2 Å². The number of aryl methyl sites for hydroxylation is 1. The van der Waals surface area contributed by atoms with E-state index in [0.717, 1.165) is 18.1 Å². The summed E-state index contributed by atoms with van der Waals surface area (Å²) in [6.45, 7) is 5.48. The fourth-order valence-corrected chi connectivity index (χ4v) is 3.74. The zero-order valence-electron chi connectivity index (χ0n) is 16.2. The van der Waals surface area contributed by atoms with Crippen molar-refractivity contribution in [3.05, 3.63) is 53.1 Å². The highest BCUT2D eigenvalue weighted by Crippen LogP contribution is 2.26. The molecule has 0 aliphatic rings. The molecule has 2 heterocycles. The van der Waals surface area contributed by atoms with Gasteiger partial charge in [-0.3, -0.25) is 4.79 Å². The average Bonchev–Trinajstić information content (AvgIpc) is 3.04. The second-order valence-electron chi connectivity index (χ2n) is 7.10. The van der Waals surface area contributed by atoms with Crippen molar-refractivity contribution in [2.45, 2.75) is 38.3 Å². The number of carbonyl (C=O) groups is 1. The summed E-state index contributed by atoms with van der Waals surface area (Å²) < 4.78 is 66.2. The Hall–Kier alpha value is -3.02. The van der Waals surface area contributed by atoms with Gasteiger partial charge in [-0.25, -0.2) is 18.1 Å². The van der Waals surface area contributed by atoms with Crippen LogP contribution >= 0.6 is 0 Å². The van der Waals surface area contributed by atoms with Gasteiger partial charge in [0, 0.05) is 5.69 Å². The molecule has 3 aromatic rings. The molecule has 0 fully saturated rings. The van der Waals surface area contributed by atoms with Crippen molar-refractivity contribution in [2.75, 3.05) is 0 Å². The molecule has 3 rings (SSSR count). The third-order valence-corrected chi connectivity index (χ3v) is 5.38. The Morgan fingerprint density at radius 3 is 2.37 bits per heavy atom. The second-order valence-corrected chi connectivity index (χ2v) is 8.79. The maximum Gasteiger partial charge on any atom is 0.453 e. The Kier molecular flexibility index (Phi) is 5.54. The number of nitrogens with one attached hydrogen (secondary N) is 1. The summed E-state index contributed by atoms with van der Waals surface area (Å²) in [7, 11) is -4.26. The lowest BCUT2D eigenvalue weighted by molar-refractivity contribution is -0.144. The molecule has 0 atom stereocenters. The van der Waals surface area contributed by atoms with Gasteiger partial charge in [-0.15, -0.1) is 5.10 Å². The molecule has 0 aliphatic carbocycles. The Balaban J connectivity index is 1.93. The van der Waals surface area contributed by atoms with Gasteiger partial charge in [0.1, 0.15) is 5.69 Å². The van der Waals surface area contributed by atoms with Gasteiger partial charge < -0.3 is 0 Å². The molecule has 30 heavy (non-hydrogen) atoms. The number of rotatable bonds is 5. The first-order valence-corrected chi connectivity index (χ1v) is 10.3. The largest absolute Gasteiger partial charge is 0.453 e. The zero-order chi connectivity index (χ0) is 22.3. The van der Waals surface area contributed by atoms with E-state index in [0.29, 0.717) is 10.4 Å². The van der Waals surface area contributed by atoms with Gasteiger partial charge in [-0.05, 0) is 43.0 Å². The molecule has 0 aliphatic heterocycles.